The van der Waals surface area contributed by atoms with Crippen molar-refractivity contribution in [2.75, 3.05) is 0 Å². The molecule has 1 aliphatic heterocycles. The lowest BCUT2D eigenvalue weighted by molar-refractivity contribution is 0.938. The summed E-state index contributed by atoms with van der Waals surface area (Å²) in [6, 6.07) is 0. The van der Waals surface area contributed by atoms with Crippen molar-refractivity contribution in [2.45, 2.75) is 11.7 Å². The van der Waals surface area contributed by atoms with E-state index in [0.717, 1.165) is 21.5 Å². The molecule has 1 N–H and O–H groups in total. The van der Waals surface area contributed by atoms with Gasteiger partial charge < -0.3 is 5.32 Å². The first kappa shape index (κ1) is 7.65. The normalized spacial score (nSPS) is 28.8. The maximum Gasteiger partial charge on any atom is 0.138 e. The minimum atomic E-state index is 0.491. The van der Waals surface area contributed by atoms with Crippen LogP contribution >= 0.6 is 35.6 Å². The molecule has 0 aromatic carbocycles. The van der Waals surface area contributed by atoms with Gasteiger partial charge in [0, 0.05) is 10.7 Å². The van der Waals surface area contributed by atoms with Crippen LogP contribution in [0.25, 0.3) is 0 Å². The van der Waals surface area contributed by atoms with E-state index in [4.69, 9.17) is 23.8 Å². The quantitative estimate of drug-likeness (QED) is 0.608. The third-order valence-corrected chi connectivity index (χ3v) is 3.36. The minimum absolute atomic E-state index is 0.491. The Hall–Kier alpha value is 0.01000. The zero-order valence-electron chi connectivity index (χ0n) is 5.63. The van der Waals surface area contributed by atoms with Gasteiger partial charge in [-0.3, -0.25) is 0 Å². The van der Waals surface area contributed by atoms with Crippen LogP contribution < -0.4 is 5.32 Å². The molecule has 4 heteroatoms. The van der Waals surface area contributed by atoms with Gasteiger partial charge in [0.25, 0.3) is 0 Å². The van der Waals surface area contributed by atoms with Gasteiger partial charge in [-0.15, -0.1) is 0 Å². The lowest BCUT2D eigenvalue weighted by atomic mass is 10.1. The Morgan fingerprint density at radius 2 is 2.55 bits per heavy atom. The van der Waals surface area contributed by atoms with E-state index in [9.17, 15) is 0 Å². The fraction of sp³-hybridized carbons (Fsp3) is 0.286. The zero-order chi connectivity index (χ0) is 7.84. The summed E-state index contributed by atoms with van der Waals surface area (Å²) in [5.41, 5.74) is 1.16. The molecule has 1 heterocycles. The highest BCUT2D eigenvalue weighted by Gasteiger charge is 2.26. The number of nitrogens with one attached hydrogen (secondary N) is 1. The summed E-state index contributed by atoms with van der Waals surface area (Å²) < 4.78 is 0.862. The van der Waals surface area contributed by atoms with Crippen molar-refractivity contribution in [3.63, 3.8) is 0 Å². The molecule has 0 aromatic heterocycles. The Bertz CT molecular complexity index is 270. The molecule has 1 saturated heterocycles. The van der Waals surface area contributed by atoms with Gasteiger partial charge >= 0.3 is 0 Å². The van der Waals surface area contributed by atoms with E-state index < -0.39 is 0 Å². The Morgan fingerprint density at radius 1 is 1.73 bits per heavy atom. The third-order valence-electron chi connectivity index (χ3n) is 1.66. The standard InChI is InChI=1S/C7H6ClNS2/c8-4-1-2-6-5(3-4)9-7(10)11-6/h1,3,6H,2H2,(H,9,10). The average molecular weight is 204 g/mol. The molecule has 0 amide bonds. The van der Waals surface area contributed by atoms with Crippen LogP contribution in [0.5, 0.6) is 0 Å². The molecule has 1 unspecified atom stereocenters. The van der Waals surface area contributed by atoms with Gasteiger partial charge in [0.05, 0.1) is 5.25 Å². The Balaban J connectivity index is 2.26. The Morgan fingerprint density at radius 3 is 3.36 bits per heavy atom. The molecule has 0 bridgehead atoms. The minimum Gasteiger partial charge on any atom is -0.344 e. The first-order chi connectivity index (χ1) is 5.25. The molecule has 0 spiro atoms. The molecule has 1 aliphatic carbocycles. The van der Waals surface area contributed by atoms with E-state index in [2.05, 4.69) is 5.32 Å². The monoisotopic (exact) mass is 203 g/mol. The Kier molecular flexibility index (Phi) is 1.95. The van der Waals surface area contributed by atoms with E-state index in [0.29, 0.717) is 5.25 Å². The number of allylic oxidation sites excluding steroid dienone is 3. The topological polar surface area (TPSA) is 12.0 Å². The number of hydrogen-bond acceptors (Lipinski definition) is 2. The number of fused-ring (bicyclic) bond motifs is 1. The lowest BCUT2D eigenvalue weighted by Crippen LogP contribution is -2.14. The van der Waals surface area contributed by atoms with Crippen molar-refractivity contribution in [3.8, 4) is 0 Å². The third kappa shape index (κ3) is 1.45. The fourth-order valence-corrected chi connectivity index (χ4v) is 2.71. The molecular weight excluding hydrogens is 198 g/mol. The van der Waals surface area contributed by atoms with Crippen molar-refractivity contribution in [1.29, 1.82) is 0 Å². The van der Waals surface area contributed by atoms with Crippen LogP contribution in [0.4, 0.5) is 0 Å². The first-order valence-electron chi connectivity index (χ1n) is 3.30. The van der Waals surface area contributed by atoms with Crippen molar-refractivity contribution >= 4 is 39.9 Å². The Labute approximate surface area is 79.9 Å². The van der Waals surface area contributed by atoms with Gasteiger partial charge in [-0.1, -0.05) is 41.7 Å². The molecule has 0 saturated carbocycles. The number of halogens is 1. The van der Waals surface area contributed by atoms with E-state index in [1.54, 1.807) is 11.8 Å². The van der Waals surface area contributed by atoms with Crippen LogP contribution in [0.3, 0.4) is 0 Å². The molecule has 2 rings (SSSR count). The number of thioether (sulfide) groups is 1. The van der Waals surface area contributed by atoms with Crippen LogP contribution in [0.2, 0.25) is 0 Å². The summed E-state index contributed by atoms with van der Waals surface area (Å²) in [5, 5.41) is 4.42. The second-order valence-electron chi connectivity index (χ2n) is 2.44. The summed E-state index contributed by atoms with van der Waals surface area (Å²) in [6.45, 7) is 0. The molecule has 11 heavy (non-hydrogen) atoms. The predicted molar refractivity (Wildman–Crippen MR) is 53.7 cm³/mol. The zero-order valence-corrected chi connectivity index (χ0v) is 8.02. The van der Waals surface area contributed by atoms with Crippen molar-refractivity contribution in [1.82, 2.24) is 5.32 Å². The van der Waals surface area contributed by atoms with Gasteiger partial charge in [0.1, 0.15) is 4.32 Å². The molecule has 2 aliphatic rings. The maximum atomic E-state index is 5.82. The van der Waals surface area contributed by atoms with Crippen LogP contribution in [-0.2, 0) is 0 Å². The smallest absolute Gasteiger partial charge is 0.138 e. The summed E-state index contributed by atoms with van der Waals surface area (Å²) >= 11 is 12.5. The van der Waals surface area contributed by atoms with E-state index >= 15 is 0 Å². The van der Waals surface area contributed by atoms with Gasteiger partial charge in [0.15, 0.2) is 0 Å². The molecular formula is C7H6ClNS2. The SMILES string of the molecule is S=C1NC2=CC(Cl)=CCC2S1. The van der Waals surface area contributed by atoms with Gasteiger partial charge in [0.2, 0.25) is 0 Å². The van der Waals surface area contributed by atoms with E-state index in [1.165, 1.54) is 0 Å². The largest absolute Gasteiger partial charge is 0.344 e. The number of hydrogen-bond donors (Lipinski definition) is 1. The van der Waals surface area contributed by atoms with Gasteiger partial charge in [-0.25, -0.2) is 0 Å². The highest BCUT2D eigenvalue weighted by Crippen LogP contribution is 2.33. The van der Waals surface area contributed by atoms with Crippen molar-refractivity contribution in [3.05, 3.63) is 22.9 Å². The van der Waals surface area contributed by atoms with Crippen LogP contribution in [0.1, 0.15) is 6.42 Å². The molecule has 1 nitrogen and oxygen atoms in total. The number of thiocarbonyl (C=S) groups is 1. The second kappa shape index (κ2) is 2.81. The lowest BCUT2D eigenvalue weighted by Gasteiger charge is -2.11. The van der Waals surface area contributed by atoms with Crippen molar-refractivity contribution in [2.24, 2.45) is 0 Å². The van der Waals surface area contributed by atoms with E-state index in [-0.39, 0.29) is 0 Å². The summed E-state index contributed by atoms with van der Waals surface area (Å²) in [6.07, 6.45) is 4.96. The van der Waals surface area contributed by atoms with Crippen LogP contribution in [0.15, 0.2) is 22.9 Å². The number of rotatable bonds is 0. The fourth-order valence-electron chi connectivity index (χ4n) is 1.15. The van der Waals surface area contributed by atoms with Crippen LogP contribution in [-0.4, -0.2) is 9.57 Å². The first-order valence-corrected chi connectivity index (χ1v) is 4.97. The van der Waals surface area contributed by atoms with Crippen molar-refractivity contribution < 1.29 is 0 Å². The highest BCUT2D eigenvalue weighted by molar-refractivity contribution is 8.23. The van der Waals surface area contributed by atoms with Gasteiger partial charge in [-0.2, -0.15) is 0 Å². The second-order valence-corrected chi connectivity index (χ2v) is 4.76. The van der Waals surface area contributed by atoms with Crippen LogP contribution in [0, 0.1) is 0 Å². The summed E-state index contributed by atoms with van der Waals surface area (Å²) in [5.74, 6) is 0. The molecule has 0 aromatic rings. The van der Waals surface area contributed by atoms with E-state index in [1.807, 2.05) is 12.2 Å². The molecule has 1 fully saturated rings. The summed E-state index contributed by atoms with van der Waals surface area (Å²) in [7, 11) is 0. The maximum absolute atomic E-state index is 5.82. The summed E-state index contributed by atoms with van der Waals surface area (Å²) in [4.78, 5) is 0. The molecule has 0 radical (unpaired) electrons. The molecule has 1 atom stereocenters. The molecule has 58 valence electrons. The average Bonchev–Trinajstić information content (AvgIpc) is 2.27. The highest BCUT2D eigenvalue weighted by atomic mass is 35.5. The predicted octanol–water partition coefficient (Wildman–Crippen LogP) is 2.39. The van der Waals surface area contributed by atoms with Gasteiger partial charge in [-0.05, 0) is 12.5 Å².